The highest BCUT2D eigenvalue weighted by atomic mass is 19.1. The minimum atomic E-state index is -0.213. The van der Waals surface area contributed by atoms with E-state index in [1.54, 1.807) is 12.3 Å². The van der Waals surface area contributed by atoms with Crippen LogP contribution in [0.4, 0.5) is 4.39 Å². The lowest BCUT2D eigenvalue weighted by atomic mass is 10.1. The molecule has 0 aromatic carbocycles. The second-order valence-corrected chi connectivity index (χ2v) is 2.94. The number of hydrogen-bond donors (Lipinski definition) is 0. The molecular weight excluding hydrogens is 141 g/mol. The van der Waals surface area contributed by atoms with Gasteiger partial charge in [-0.05, 0) is 37.3 Å². The zero-order valence-corrected chi connectivity index (χ0v) is 6.18. The summed E-state index contributed by atoms with van der Waals surface area (Å²) >= 11 is 0. The number of hydrogen-bond acceptors (Lipinski definition) is 1. The summed E-state index contributed by atoms with van der Waals surface area (Å²) < 4.78 is 13.2. The molecule has 0 bridgehead atoms. The molecular formula is C9H9FN. The number of nitrogens with zero attached hydrogens (tertiary/aromatic N) is 1. The average Bonchev–Trinajstić information content (AvgIpc) is 2.77. The summed E-state index contributed by atoms with van der Waals surface area (Å²) in [4.78, 5) is 3.76. The van der Waals surface area contributed by atoms with Gasteiger partial charge >= 0.3 is 0 Å². The van der Waals surface area contributed by atoms with Crippen LogP contribution in [-0.2, 0) is 0 Å². The summed E-state index contributed by atoms with van der Waals surface area (Å²) in [5.74, 6) is 0.230. The normalized spacial score (nSPS) is 16.9. The molecule has 0 saturated heterocycles. The van der Waals surface area contributed by atoms with Crippen molar-refractivity contribution in [3.05, 3.63) is 36.3 Å². The molecule has 2 heteroatoms. The molecule has 1 aromatic heterocycles. The van der Waals surface area contributed by atoms with Crippen molar-refractivity contribution >= 4 is 0 Å². The highest BCUT2D eigenvalue weighted by Gasteiger charge is 2.26. The van der Waals surface area contributed by atoms with Crippen LogP contribution >= 0.6 is 0 Å². The molecule has 0 unspecified atom stereocenters. The van der Waals surface area contributed by atoms with Crippen molar-refractivity contribution in [3.63, 3.8) is 0 Å². The van der Waals surface area contributed by atoms with Crippen LogP contribution in [0.2, 0.25) is 0 Å². The topological polar surface area (TPSA) is 12.9 Å². The lowest BCUT2D eigenvalue weighted by molar-refractivity contribution is 0.598. The van der Waals surface area contributed by atoms with Gasteiger partial charge in [-0.2, -0.15) is 0 Å². The molecule has 0 amide bonds. The maximum absolute atomic E-state index is 13.2. The van der Waals surface area contributed by atoms with Gasteiger partial charge in [0.2, 0.25) is 0 Å². The molecule has 1 aliphatic carbocycles. The maximum atomic E-state index is 13.2. The zero-order valence-electron chi connectivity index (χ0n) is 6.18. The number of aromatic nitrogens is 1. The highest BCUT2D eigenvalue weighted by molar-refractivity contribution is 5.27. The van der Waals surface area contributed by atoms with Gasteiger partial charge in [0, 0.05) is 6.20 Å². The summed E-state index contributed by atoms with van der Waals surface area (Å²) in [5, 5.41) is 0. The Labute approximate surface area is 65.3 Å². The van der Waals surface area contributed by atoms with Crippen LogP contribution in [0.25, 0.3) is 0 Å². The molecule has 0 N–H and O–H groups in total. The van der Waals surface area contributed by atoms with Gasteiger partial charge in [0.05, 0.1) is 5.69 Å². The van der Waals surface area contributed by atoms with E-state index < -0.39 is 0 Å². The van der Waals surface area contributed by atoms with Crippen LogP contribution in [-0.4, -0.2) is 4.98 Å². The van der Waals surface area contributed by atoms with Gasteiger partial charge in [0.25, 0.3) is 0 Å². The summed E-state index contributed by atoms with van der Waals surface area (Å²) in [5.41, 5.74) is 1.07. The van der Waals surface area contributed by atoms with Crippen LogP contribution in [0.1, 0.15) is 30.0 Å². The third-order valence-electron chi connectivity index (χ3n) is 2.01. The number of rotatable bonds is 1. The van der Waals surface area contributed by atoms with Gasteiger partial charge in [-0.15, -0.1) is 0 Å². The maximum Gasteiger partial charge on any atom is 0.148 e. The lowest BCUT2D eigenvalue weighted by Gasteiger charge is -2.00. The summed E-state index contributed by atoms with van der Waals surface area (Å²) in [6.45, 7) is 3.50. The fraction of sp³-hybridized carbons (Fsp3) is 0.333. The van der Waals surface area contributed by atoms with Crippen LogP contribution < -0.4 is 0 Å². The van der Waals surface area contributed by atoms with Crippen LogP contribution in [0.3, 0.4) is 0 Å². The van der Waals surface area contributed by atoms with Crippen LogP contribution in [0.5, 0.6) is 0 Å². The molecule has 0 atom stereocenters. The predicted octanol–water partition coefficient (Wildman–Crippen LogP) is 2.28. The third-order valence-corrected chi connectivity index (χ3v) is 2.01. The molecule has 0 spiro atoms. The molecule has 1 aliphatic rings. The summed E-state index contributed by atoms with van der Waals surface area (Å²) in [6, 6.07) is 1.75. The van der Waals surface area contributed by atoms with Crippen molar-refractivity contribution in [2.45, 2.75) is 18.8 Å². The molecule has 1 nitrogen and oxygen atoms in total. The van der Waals surface area contributed by atoms with Crippen molar-refractivity contribution in [2.24, 2.45) is 0 Å². The van der Waals surface area contributed by atoms with E-state index in [1.165, 1.54) is 0 Å². The van der Waals surface area contributed by atoms with Crippen LogP contribution in [0, 0.1) is 12.7 Å². The molecule has 57 valence electrons. The van der Waals surface area contributed by atoms with Crippen molar-refractivity contribution in [3.8, 4) is 0 Å². The summed E-state index contributed by atoms with van der Waals surface area (Å²) in [7, 11) is 0. The Balaban J connectivity index is 2.45. The van der Waals surface area contributed by atoms with E-state index in [0.717, 1.165) is 18.4 Å². The first-order valence-corrected chi connectivity index (χ1v) is 3.75. The van der Waals surface area contributed by atoms with Crippen LogP contribution in [0.15, 0.2) is 12.3 Å². The van der Waals surface area contributed by atoms with E-state index in [-0.39, 0.29) is 11.5 Å². The van der Waals surface area contributed by atoms with Crippen molar-refractivity contribution < 1.29 is 4.39 Å². The smallest absolute Gasteiger partial charge is 0.148 e. The number of halogens is 1. The van der Waals surface area contributed by atoms with E-state index in [2.05, 4.69) is 11.9 Å². The second-order valence-electron chi connectivity index (χ2n) is 2.94. The fourth-order valence-electron chi connectivity index (χ4n) is 1.21. The molecule has 11 heavy (non-hydrogen) atoms. The molecule has 2 rings (SSSR count). The average molecular weight is 150 g/mol. The van der Waals surface area contributed by atoms with Crippen molar-refractivity contribution in [1.29, 1.82) is 0 Å². The SMILES string of the molecule is [CH2]c1nccc(C2CC2)c1F. The van der Waals surface area contributed by atoms with Gasteiger partial charge in [-0.1, -0.05) is 0 Å². The van der Waals surface area contributed by atoms with Gasteiger partial charge in [-0.3, -0.25) is 4.98 Å². The van der Waals surface area contributed by atoms with E-state index in [0.29, 0.717) is 5.92 Å². The minimum absolute atomic E-state index is 0.213. The first-order valence-electron chi connectivity index (χ1n) is 3.75. The minimum Gasteiger partial charge on any atom is -0.258 e. The first-order chi connectivity index (χ1) is 5.29. The predicted molar refractivity (Wildman–Crippen MR) is 40.6 cm³/mol. The first kappa shape index (κ1) is 6.77. The van der Waals surface area contributed by atoms with Gasteiger partial charge in [-0.25, -0.2) is 4.39 Å². The van der Waals surface area contributed by atoms with Gasteiger partial charge in [0.1, 0.15) is 5.82 Å². The Morgan fingerprint density at radius 3 is 2.91 bits per heavy atom. The molecule has 1 radical (unpaired) electrons. The Morgan fingerprint density at radius 2 is 2.27 bits per heavy atom. The lowest BCUT2D eigenvalue weighted by Crippen LogP contribution is -1.93. The van der Waals surface area contributed by atoms with E-state index in [4.69, 9.17) is 0 Å². The molecule has 1 fully saturated rings. The van der Waals surface area contributed by atoms with Gasteiger partial charge < -0.3 is 0 Å². The largest absolute Gasteiger partial charge is 0.258 e. The molecule has 1 aromatic rings. The highest BCUT2D eigenvalue weighted by Crippen LogP contribution is 2.41. The fourth-order valence-corrected chi connectivity index (χ4v) is 1.21. The molecule has 1 saturated carbocycles. The monoisotopic (exact) mass is 150 g/mol. The Hall–Kier alpha value is -0.920. The molecule has 1 heterocycles. The molecule has 0 aliphatic heterocycles. The Kier molecular flexibility index (Phi) is 1.41. The number of pyridine rings is 1. The zero-order chi connectivity index (χ0) is 7.84. The quantitative estimate of drug-likeness (QED) is 0.598. The Morgan fingerprint density at radius 1 is 1.55 bits per heavy atom. The standard InChI is InChI=1S/C9H9FN/c1-6-9(10)8(4-5-11-6)7-2-3-7/h4-5,7H,1-3H2. The van der Waals surface area contributed by atoms with E-state index in [9.17, 15) is 4.39 Å². The van der Waals surface area contributed by atoms with E-state index in [1.807, 2.05) is 0 Å². The van der Waals surface area contributed by atoms with Crippen molar-refractivity contribution in [2.75, 3.05) is 0 Å². The second kappa shape index (κ2) is 2.29. The third kappa shape index (κ3) is 1.13. The van der Waals surface area contributed by atoms with Crippen molar-refractivity contribution in [1.82, 2.24) is 4.98 Å². The van der Waals surface area contributed by atoms with E-state index >= 15 is 0 Å². The summed E-state index contributed by atoms with van der Waals surface area (Å²) in [6.07, 6.45) is 3.85. The Bertz CT molecular complexity index is 279. The van der Waals surface area contributed by atoms with Gasteiger partial charge in [0.15, 0.2) is 0 Å².